The van der Waals surface area contributed by atoms with Gasteiger partial charge in [0.15, 0.2) is 0 Å². The molecule has 0 aromatic heterocycles. The van der Waals surface area contributed by atoms with Crippen LogP contribution in [0.3, 0.4) is 0 Å². The molecule has 0 spiro atoms. The lowest BCUT2D eigenvalue weighted by atomic mass is 10.3. The molecule has 0 aliphatic rings. The first-order valence-corrected chi connectivity index (χ1v) is 4.51. The summed E-state index contributed by atoms with van der Waals surface area (Å²) in [5.41, 5.74) is 5.86. The fourth-order valence-electron chi connectivity index (χ4n) is 0.703. The van der Waals surface area contributed by atoms with Gasteiger partial charge in [0, 0.05) is 17.8 Å². The number of rotatable bonds is 2. The van der Waals surface area contributed by atoms with Crippen molar-refractivity contribution in [3.8, 4) is 0 Å². The summed E-state index contributed by atoms with van der Waals surface area (Å²) in [4.78, 5) is 0.0479. The van der Waals surface area contributed by atoms with Gasteiger partial charge in [-0.3, -0.25) is 0 Å². The van der Waals surface area contributed by atoms with Crippen LogP contribution >= 0.6 is 0 Å². The molecule has 1 rings (SSSR count). The molecule has 12 heavy (non-hydrogen) atoms. The van der Waals surface area contributed by atoms with Crippen LogP contribution in [-0.4, -0.2) is 0 Å². The Kier molecular flexibility index (Phi) is 2.43. The van der Waals surface area contributed by atoms with Crippen molar-refractivity contribution in [3.63, 3.8) is 0 Å². The van der Waals surface area contributed by atoms with Gasteiger partial charge in [-0.2, -0.15) is 5.90 Å². The Labute approximate surface area is 70.7 Å². The lowest BCUT2D eigenvalue weighted by molar-refractivity contribution is -0.637. The molecule has 5 N–H and O–H groups in total. The third kappa shape index (κ3) is 1.80. The van der Waals surface area contributed by atoms with Crippen LogP contribution in [0, 0.1) is 0 Å². The van der Waals surface area contributed by atoms with Gasteiger partial charge in [0.25, 0.3) is 0 Å². The fourth-order valence-corrected chi connectivity index (χ4v) is 1.31. The van der Waals surface area contributed by atoms with Crippen molar-refractivity contribution >= 4 is 16.2 Å². The Morgan fingerprint density at radius 3 is 2.25 bits per heavy atom. The quantitative estimate of drug-likeness (QED) is 0.374. The fraction of sp³-hybridized carbons (Fsp3) is 0. The van der Waals surface area contributed by atoms with Crippen molar-refractivity contribution in [2.24, 2.45) is 0 Å². The number of hydrogen-bond donors (Lipinski definition) is 2. The third-order valence-electron chi connectivity index (χ3n) is 1.32. The molecule has 0 fully saturated rings. The highest BCUT2D eigenvalue weighted by Gasteiger charge is 2.36. The zero-order valence-electron chi connectivity index (χ0n) is 6.23. The topological polar surface area (TPSA) is 99.9 Å². The van der Waals surface area contributed by atoms with Gasteiger partial charge < -0.3 is 5.73 Å². The third-order valence-corrected chi connectivity index (χ3v) is 2.48. The standard InChI is InChI=1S/C6H9N2O3S/c7-5-1-3-6(4-2-5)12(9,10)11-8/h1-4H,7H2,8H3/q+2. The Bertz CT molecular complexity index is 311. The largest absolute Gasteiger partial charge is 0.482 e. The summed E-state index contributed by atoms with van der Waals surface area (Å²) in [5.74, 6) is 2.84. The molecule has 65 valence electrons. The van der Waals surface area contributed by atoms with Crippen molar-refractivity contribution in [1.82, 2.24) is 0 Å². The second-order valence-electron chi connectivity index (χ2n) is 2.14. The molecule has 5 nitrogen and oxygen atoms in total. The molecule has 1 aromatic carbocycles. The molecule has 0 aliphatic carbocycles. The van der Waals surface area contributed by atoms with Crippen molar-refractivity contribution in [1.29, 1.82) is 0 Å². The first kappa shape index (κ1) is 9.14. The van der Waals surface area contributed by atoms with Crippen LogP contribution in [0.15, 0.2) is 29.2 Å². The van der Waals surface area contributed by atoms with E-state index in [0.717, 1.165) is 0 Å². The Hall–Kier alpha value is -0.950. The summed E-state index contributed by atoms with van der Waals surface area (Å²) in [6.07, 6.45) is 0. The SMILES string of the molecule is Nc1ccc([S+]([O])(=O)O[NH3+])cc1. The molecule has 1 aromatic rings. The van der Waals surface area contributed by atoms with E-state index in [1.54, 1.807) is 0 Å². The highest BCUT2D eigenvalue weighted by atomic mass is 32.3. The average molecular weight is 189 g/mol. The number of benzene rings is 1. The van der Waals surface area contributed by atoms with Gasteiger partial charge in [0.05, 0.1) is 8.84 Å². The number of nitrogens with two attached hydrogens (primary N) is 1. The van der Waals surface area contributed by atoms with Crippen LogP contribution in [0.2, 0.25) is 0 Å². The van der Waals surface area contributed by atoms with Gasteiger partial charge in [-0.1, -0.05) is 0 Å². The molecule has 0 aliphatic heterocycles. The van der Waals surface area contributed by atoms with E-state index in [2.05, 4.69) is 10.2 Å². The van der Waals surface area contributed by atoms with Crippen LogP contribution in [0.25, 0.3) is 0 Å². The smallest absolute Gasteiger partial charge is 0.399 e. The molecule has 1 atom stereocenters. The average Bonchev–Trinajstić information content (AvgIpc) is 2.05. The van der Waals surface area contributed by atoms with E-state index in [1.165, 1.54) is 24.3 Å². The summed E-state index contributed by atoms with van der Waals surface area (Å²) < 4.78 is 26.0. The minimum absolute atomic E-state index is 0.0479. The Morgan fingerprint density at radius 2 is 1.83 bits per heavy atom. The molecule has 0 saturated carbocycles. The predicted molar refractivity (Wildman–Crippen MR) is 41.8 cm³/mol. The zero-order chi connectivity index (χ0) is 9.19. The molecular weight excluding hydrogens is 180 g/mol. The van der Waals surface area contributed by atoms with Gasteiger partial charge in [0.1, 0.15) is 0 Å². The Morgan fingerprint density at radius 1 is 1.33 bits per heavy atom. The van der Waals surface area contributed by atoms with Crippen LogP contribution in [0.1, 0.15) is 0 Å². The highest BCUT2D eigenvalue weighted by Crippen LogP contribution is 2.17. The summed E-state index contributed by atoms with van der Waals surface area (Å²) in [6.45, 7) is 0. The van der Waals surface area contributed by atoms with E-state index >= 15 is 0 Å². The van der Waals surface area contributed by atoms with E-state index < -0.39 is 10.5 Å². The van der Waals surface area contributed by atoms with Gasteiger partial charge in [0.2, 0.25) is 4.90 Å². The van der Waals surface area contributed by atoms with Gasteiger partial charge in [-0.05, 0) is 16.3 Å². The molecule has 1 unspecified atom stereocenters. The number of anilines is 1. The zero-order valence-corrected chi connectivity index (χ0v) is 7.04. The predicted octanol–water partition coefficient (Wildman–Crippen LogP) is -0.439. The van der Waals surface area contributed by atoms with Crippen molar-refractivity contribution in [2.75, 3.05) is 5.73 Å². The minimum Gasteiger partial charge on any atom is -0.399 e. The maximum atomic E-state index is 11.0. The first-order valence-electron chi connectivity index (χ1n) is 3.10. The number of hydrogen-bond acceptors (Lipinski definition) is 3. The van der Waals surface area contributed by atoms with Gasteiger partial charge in [-0.25, -0.2) is 0 Å². The second-order valence-corrected chi connectivity index (χ2v) is 3.76. The highest BCUT2D eigenvalue weighted by molar-refractivity contribution is 7.92. The summed E-state index contributed by atoms with van der Waals surface area (Å²) in [7, 11) is -3.68. The molecule has 0 saturated heterocycles. The maximum absolute atomic E-state index is 11.0. The summed E-state index contributed by atoms with van der Waals surface area (Å²) in [6, 6.07) is 5.67. The van der Waals surface area contributed by atoms with Gasteiger partial charge >= 0.3 is 10.5 Å². The van der Waals surface area contributed by atoms with E-state index in [0.29, 0.717) is 5.69 Å². The van der Waals surface area contributed by atoms with Crippen LogP contribution in [0.5, 0.6) is 0 Å². The first-order chi connectivity index (χ1) is 5.56. The summed E-state index contributed by atoms with van der Waals surface area (Å²) in [5, 5.41) is 0. The van der Waals surface area contributed by atoms with Gasteiger partial charge in [-0.15, -0.1) is 0 Å². The molecule has 6 heteroatoms. The number of quaternary nitrogens is 1. The van der Waals surface area contributed by atoms with Crippen molar-refractivity contribution < 1.29 is 18.9 Å². The van der Waals surface area contributed by atoms with E-state index in [1.807, 2.05) is 0 Å². The molecule has 0 heterocycles. The van der Waals surface area contributed by atoms with E-state index in [9.17, 15) is 8.76 Å². The molecule has 0 bridgehead atoms. The van der Waals surface area contributed by atoms with Crippen LogP contribution < -0.4 is 11.6 Å². The molecule has 1 radical (unpaired) electrons. The molecule has 0 amide bonds. The lowest BCUT2D eigenvalue weighted by Gasteiger charge is -1.93. The second kappa shape index (κ2) is 3.20. The Balaban J connectivity index is 3.05. The van der Waals surface area contributed by atoms with Crippen LogP contribution in [-0.2, 0) is 23.5 Å². The van der Waals surface area contributed by atoms with E-state index in [-0.39, 0.29) is 4.90 Å². The monoisotopic (exact) mass is 189 g/mol. The van der Waals surface area contributed by atoms with Crippen molar-refractivity contribution in [3.05, 3.63) is 24.3 Å². The summed E-state index contributed by atoms with van der Waals surface area (Å²) >= 11 is 0. The molecular formula is C6H9N2O3S+2. The van der Waals surface area contributed by atoms with Crippen LogP contribution in [0.4, 0.5) is 5.69 Å². The lowest BCUT2D eigenvalue weighted by Crippen LogP contribution is -2.52. The number of nitrogen functional groups attached to an aromatic ring is 1. The van der Waals surface area contributed by atoms with Crippen molar-refractivity contribution in [2.45, 2.75) is 4.90 Å². The minimum atomic E-state index is -3.68. The normalized spacial score (nSPS) is 15.5. The van der Waals surface area contributed by atoms with E-state index in [4.69, 9.17) is 5.73 Å². The maximum Gasteiger partial charge on any atom is 0.482 e.